The van der Waals surface area contributed by atoms with Crippen LogP contribution in [0.2, 0.25) is 0 Å². The second kappa shape index (κ2) is 8.97. The molecule has 0 amide bonds. The van der Waals surface area contributed by atoms with Crippen molar-refractivity contribution in [3.05, 3.63) is 0 Å². The number of rotatable bonds is 1. The van der Waals surface area contributed by atoms with Crippen molar-refractivity contribution in [1.82, 2.24) is 0 Å². The van der Waals surface area contributed by atoms with Gasteiger partial charge in [0.15, 0.2) is 0 Å². The number of nitrogens with one attached hydrogen (secondary N) is 1. The summed E-state index contributed by atoms with van der Waals surface area (Å²) in [7, 11) is 0. The molecular formula is C25H47NO. The summed E-state index contributed by atoms with van der Waals surface area (Å²) >= 11 is 0. The van der Waals surface area contributed by atoms with Gasteiger partial charge in [-0.05, 0) is 107 Å². The maximum atomic E-state index is 10.5. The Hall–Kier alpha value is -0.370. The van der Waals surface area contributed by atoms with E-state index in [0.717, 1.165) is 48.1 Å². The maximum absolute atomic E-state index is 10.5. The molecular weight excluding hydrogens is 330 g/mol. The van der Waals surface area contributed by atoms with Gasteiger partial charge in [-0.2, -0.15) is 0 Å². The second-order valence-corrected chi connectivity index (χ2v) is 10.0. The molecule has 8 atom stereocenters. The minimum Gasteiger partial charge on any atom is -0.390 e. The molecule has 2 N–H and O–H groups in total. The Bertz CT molecular complexity index is 499. The van der Waals surface area contributed by atoms with Crippen LogP contribution in [0.5, 0.6) is 0 Å². The van der Waals surface area contributed by atoms with Gasteiger partial charge in [0.2, 0.25) is 0 Å². The molecule has 4 fully saturated rings. The first-order chi connectivity index (χ1) is 12.8. The Morgan fingerprint density at radius 1 is 0.815 bits per heavy atom. The Morgan fingerprint density at radius 2 is 1.44 bits per heavy atom. The average molecular weight is 378 g/mol. The van der Waals surface area contributed by atoms with E-state index in [4.69, 9.17) is 5.41 Å². The van der Waals surface area contributed by atoms with E-state index in [0.29, 0.717) is 11.3 Å². The predicted molar refractivity (Wildman–Crippen MR) is 117 cm³/mol. The number of fused-ring (bicyclic) bond motifs is 5. The van der Waals surface area contributed by atoms with Gasteiger partial charge in [-0.1, -0.05) is 34.6 Å². The molecule has 0 bridgehead atoms. The number of hydrogen-bond acceptors (Lipinski definition) is 2. The van der Waals surface area contributed by atoms with Crippen molar-refractivity contribution in [2.24, 2.45) is 40.9 Å². The van der Waals surface area contributed by atoms with E-state index >= 15 is 0 Å². The molecule has 4 aliphatic rings. The Labute approximate surface area is 169 Å². The van der Waals surface area contributed by atoms with Gasteiger partial charge in [-0.15, -0.1) is 0 Å². The standard InChI is InChI=1S/C21H35NO.2C2H6/c1-13(22)18-6-7-19-17-5-4-14-12-20(2,23)10-8-15(14)16(17)9-11-21(18,19)3;2*1-2/h14-19,22-23H,4-12H2,1-3H3;2*1-2H3/t14?,15?,16?,17?,18?,19?,20-,21?;;/m1../s1. The zero-order valence-electron chi connectivity index (χ0n) is 19.3. The van der Waals surface area contributed by atoms with Crippen LogP contribution in [0.1, 0.15) is 106 Å². The third-order valence-electron chi connectivity index (χ3n) is 8.76. The Morgan fingerprint density at radius 3 is 2.07 bits per heavy atom. The summed E-state index contributed by atoms with van der Waals surface area (Å²) in [6, 6.07) is 0. The van der Waals surface area contributed by atoms with Crippen molar-refractivity contribution in [2.75, 3.05) is 0 Å². The third kappa shape index (κ3) is 4.16. The molecule has 0 aliphatic heterocycles. The van der Waals surface area contributed by atoms with Gasteiger partial charge in [0, 0.05) is 11.6 Å². The Balaban J connectivity index is 0.000000614. The van der Waals surface area contributed by atoms with E-state index in [-0.39, 0.29) is 0 Å². The van der Waals surface area contributed by atoms with Crippen molar-refractivity contribution < 1.29 is 5.11 Å². The highest BCUT2D eigenvalue weighted by molar-refractivity contribution is 5.82. The van der Waals surface area contributed by atoms with Gasteiger partial charge in [0.05, 0.1) is 5.60 Å². The molecule has 0 spiro atoms. The molecule has 0 radical (unpaired) electrons. The molecule has 0 heterocycles. The second-order valence-electron chi connectivity index (χ2n) is 10.0. The first-order valence-electron chi connectivity index (χ1n) is 12.1. The van der Waals surface area contributed by atoms with Gasteiger partial charge in [-0.25, -0.2) is 0 Å². The SMILES string of the molecule is CC.CC.CC(=N)C1CCC2C3CCC4C[C@](C)(O)CCC4C3CCC12C. The molecule has 2 nitrogen and oxygen atoms in total. The lowest BCUT2D eigenvalue weighted by Gasteiger charge is -2.57. The summed E-state index contributed by atoms with van der Waals surface area (Å²) in [5.41, 5.74) is 0.961. The lowest BCUT2D eigenvalue weighted by molar-refractivity contribution is -0.0965. The molecule has 0 aromatic carbocycles. The Kier molecular flexibility index (Phi) is 7.61. The van der Waals surface area contributed by atoms with Crippen molar-refractivity contribution in [2.45, 2.75) is 112 Å². The fourth-order valence-electron chi connectivity index (χ4n) is 7.79. The van der Waals surface area contributed by atoms with Gasteiger partial charge in [-0.3, -0.25) is 0 Å². The van der Waals surface area contributed by atoms with Gasteiger partial charge in [0.25, 0.3) is 0 Å². The van der Waals surface area contributed by atoms with Crippen LogP contribution in [-0.2, 0) is 0 Å². The molecule has 27 heavy (non-hydrogen) atoms. The number of aliphatic hydroxyl groups is 1. The maximum Gasteiger partial charge on any atom is 0.0622 e. The molecule has 0 saturated heterocycles. The van der Waals surface area contributed by atoms with Crippen LogP contribution in [0.25, 0.3) is 0 Å². The minimum absolute atomic E-state index is 0.396. The molecule has 7 unspecified atom stereocenters. The lowest BCUT2D eigenvalue weighted by Crippen LogP contribution is -2.50. The normalized spacial score (nSPS) is 47.9. The number of hydrogen-bond donors (Lipinski definition) is 2. The topological polar surface area (TPSA) is 44.1 Å². The quantitative estimate of drug-likeness (QED) is 0.470. The van der Waals surface area contributed by atoms with E-state index in [2.05, 4.69) is 13.8 Å². The highest BCUT2D eigenvalue weighted by Gasteiger charge is 2.57. The third-order valence-corrected chi connectivity index (χ3v) is 8.76. The van der Waals surface area contributed by atoms with E-state index in [1.165, 1.54) is 44.9 Å². The van der Waals surface area contributed by atoms with Crippen LogP contribution in [0.15, 0.2) is 0 Å². The van der Waals surface area contributed by atoms with Crippen molar-refractivity contribution in [3.63, 3.8) is 0 Å². The minimum atomic E-state index is -0.396. The van der Waals surface area contributed by atoms with Crippen LogP contribution in [0.4, 0.5) is 0 Å². The van der Waals surface area contributed by atoms with E-state index in [1.54, 1.807) is 0 Å². The van der Waals surface area contributed by atoms with E-state index in [1.807, 2.05) is 34.6 Å². The average Bonchev–Trinajstić information content (AvgIpc) is 3.01. The van der Waals surface area contributed by atoms with E-state index in [9.17, 15) is 5.11 Å². The molecule has 0 aromatic rings. The predicted octanol–water partition coefficient (Wildman–Crippen LogP) is 7.10. The van der Waals surface area contributed by atoms with Crippen LogP contribution in [-0.4, -0.2) is 16.4 Å². The van der Waals surface area contributed by atoms with Gasteiger partial charge < -0.3 is 10.5 Å². The van der Waals surface area contributed by atoms with Crippen LogP contribution < -0.4 is 0 Å². The molecule has 158 valence electrons. The lowest BCUT2D eigenvalue weighted by atomic mass is 9.49. The summed E-state index contributed by atoms with van der Waals surface area (Å²) in [4.78, 5) is 0. The smallest absolute Gasteiger partial charge is 0.0622 e. The van der Waals surface area contributed by atoms with Crippen molar-refractivity contribution in [3.8, 4) is 0 Å². The van der Waals surface area contributed by atoms with Crippen LogP contribution in [0, 0.1) is 46.3 Å². The first-order valence-corrected chi connectivity index (χ1v) is 12.1. The molecule has 4 rings (SSSR count). The molecule has 0 aromatic heterocycles. The van der Waals surface area contributed by atoms with Crippen LogP contribution >= 0.6 is 0 Å². The summed E-state index contributed by atoms with van der Waals surface area (Å²) in [5, 5.41) is 18.7. The summed E-state index contributed by atoms with van der Waals surface area (Å²) in [6.45, 7) is 14.6. The van der Waals surface area contributed by atoms with Crippen molar-refractivity contribution in [1.29, 1.82) is 5.41 Å². The molecule has 2 heteroatoms. The highest BCUT2D eigenvalue weighted by Crippen LogP contribution is 2.64. The monoisotopic (exact) mass is 377 g/mol. The highest BCUT2D eigenvalue weighted by atomic mass is 16.3. The fourth-order valence-corrected chi connectivity index (χ4v) is 7.79. The van der Waals surface area contributed by atoms with Crippen LogP contribution in [0.3, 0.4) is 0 Å². The molecule has 4 aliphatic carbocycles. The zero-order valence-corrected chi connectivity index (χ0v) is 19.3. The van der Waals surface area contributed by atoms with Gasteiger partial charge in [0.1, 0.15) is 0 Å². The molecule has 4 saturated carbocycles. The summed E-state index contributed by atoms with van der Waals surface area (Å²) < 4.78 is 0. The van der Waals surface area contributed by atoms with Crippen molar-refractivity contribution >= 4 is 5.71 Å². The fraction of sp³-hybridized carbons (Fsp3) is 0.960. The zero-order chi connectivity index (χ0) is 20.4. The summed E-state index contributed by atoms with van der Waals surface area (Å²) in [6.07, 6.45) is 11.4. The summed E-state index contributed by atoms with van der Waals surface area (Å²) in [5.74, 6) is 4.94. The largest absolute Gasteiger partial charge is 0.390 e. The van der Waals surface area contributed by atoms with E-state index < -0.39 is 5.60 Å². The van der Waals surface area contributed by atoms with Gasteiger partial charge >= 0.3 is 0 Å². The first kappa shape index (κ1) is 22.9.